The van der Waals surface area contributed by atoms with E-state index in [9.17, 15) is 5.11 Å². The summed E-state index contributed by atoms with van der Waals surface area (Å²) >= 11 is 0. The van der Waals surface area contributed by atoms with Gasteiger partial charge in [0.2, 0.25) is 0 Å². The van der Waals surface area contributed by atoms with Crippen molar-refractivity contribution in [2.75, 3.05) is 19.7 Å². The maximum Gasteiger partial charge on any atom is 0.161 e. The van der Waals surface area contributed by atoms with E-state index in [-0.39, 0.29) is 5.75 Å². The van der Waals surface area contributed by atoms with Crippen LogP contribution in [0, 0.1) is 0 Å². The Hall–Kier alpha value is -1.26. The zero-order valence-electron chi connectivity index (χ0n) is 13.3. The number of phenols is 1. The molecule has 1 aromatic carbocycles. The summed E-state index contributed by atoms with van der Waals surface area (Å²) in [7, 11) is 0. The van der Waals surface area contributed by atoms with Gasteiger partial charge in [0.25, 0.3) is 0 Å². The van der Waals surface area contributed by atoms with Gasteiger partial charge in [0.15, 0.2) is 11.5 Å². The van der Waals surface area contributed by atoms with Gasteiger partial charge in [0, 0.05) is 12.0 Å². The van der Waals surface area contributed by atoms with Gasteiger partial charge in [0.1, 0.15) is 0 Å². The van der Waals surface area contributed by atoms with Crippen molar-refractivity contribution in [3.63, 3.8) is 0 Å². The van der Waals surface area contributed by atoms with E-state index in [1.54, 1.807) is 6.07 Å². The van der Waals surface area contributed by atoms with E-state index in [0.29, 0.717) is 18.8 Å². The van der Waals surface area contributed by atoms with Crippen LogP contribution in [0.1, 0.15) is 45.1 Å². The van der Waals surface area contributed by atoms with Gasteiger partial charge in [-0.2, -0.15) is 0 Å². The van der Waals surface area contributed by atoms with E-state index in [2.05, 4.69) is 11.8 Å². The number of hydrogen-bond acceptors (Lipinski definition) is 4. The molecule has 1 fully saturated rings. The van der Waals surface area contributed by atoms with E-state index >= 15 is 0 Å². The van der Waals surface area contributed by atoms with Crippen molar-refractivity contribution in [3.8, 4) is 11.5 Å². The van der Waals surface area contributed by atoms with E-state index in [1.165, 1.54) is 25.7 Å². The minimum Gasteiger partial charge on any atom is -0.504 e. The molecule has 0 saturated carbocycles. The van der Waals surface area contributed by atoms with Crippen LogP contribution in [0.15, 0.2) is 18.2 Å². The van der Waals surface area contributed by atoms with E-state index < -0.39 is 5.66 Å². The quantitative estimate of drug-likeness (QED) is 0.876. The van der Waals surface area contributed by atoms with Crippen LogP contribution in [0.2, 0.25) is 0 Å². The lowest BCUT2D eigenvalue weighted by atomic mass is 9.99. The first-order chi connectivity index (χ1) is 10.0. The molecule has 1 heterocycles. The van der Waals surface area contributed by atoms with E-state index in [0.717, 1.165) is 18.7 Å². The van der Waals surface area contributed by atoms with Gasteiger partial charge >= 0.3 is 0 Å². The minimum absolute atomic E-state index is 0.228. The third kappa shape index (κ3) is 4.11. The van der Waals surface area contributed by atoms with Crippen LogP contribution < -0.4 is 10.5 Å². The van der Waals surface area contributed by atoms with Crippen molar-refractivity contribution in [1.29, 1.82) is 0 Å². The number of nitrogens with zero attached hydrogens (tertiary/aromatic N) is 1. The van der Waals surface area contributed by atoms with Crippen LogP contribution in [-0.2, 0) is 6.42 Å². The highest BCUT2D eigenvalue weighted by Gasteiger charge is 2.29. The topological polar surface area (TPSA) is 58.7 Å². The van der Waals surface area contributed by atoms with Crippen LogP contribution in [0.5, 0.6) is 11.5 Å². The molecule has 3 N–H and O–H groups in total. The van der Waals surface area contributed by atoms with Crippen molar-refractivity contribution in [2.45, 2.75) is 51.6 Å². The largest absolute Gasteiger partial charge is 0.504 e. The zero-order chi connectivity index (χ0) is 15.3. The lowest BCUT2D eigenvalue weighted by Crippen LogP contribution is -2.55. The maximum absolute atomic E-state index is 10.3. The minimum atomic E-state index is -0.438. The van der Waals surface area contributed by atoms with Gasteiger partial charge in [-0.1, -0.05) is 25.0 Å². The molecule has 1 saturated heterocycles. The summed E-state index contributed by atoms with van der Waals surface area (Å²) in [6.45, 7) is 6.60. The van der Waals surface area contributed by atoms with Crippen LogP contribution in [0.25, 0.3) is 0 Å². The first kappa shape index (κ1) is 16.1. The third-order valence-electron chi connectivity index (χ3n) is 4.26. The molecule has 1 aliphatic heterocycles. The summed E-state index contributed by atoms with van der Waals surface area (Å²) in [6.07, 6.45) is 5.62. The fourth-order valence-corrected chi connectivity index (χ4v) is 3.06. The van der Waals surface area contributed by atoms with Crippen LogP contribution >= 0.6 is 0 Å². The molecule has 2 rings (SSSR count). The standard InChI is InChI=1S/C17H28N2O2/c1-3-21-15-10-8-9-14(16(15)20)13-17(2,18)19-11-6-4-5-7-12-19/h8-10,20H,3-7,11-13,18H2,1-2H3. The highest BCUT2D eigenvalue weighted by atomic mass is 16.5. The Labute approximate surface area is 127 Å². The molecule has 118 valence electrons. The molecular formula is C17H28N2O2. The summed E-state index contributed by atoms with van der Waals surface area (Å²) in [4.78, 5) is 2.35. The second-order valence-electron chi connectivity index (χ2n) is 6.13. The number of aromatic hydroxyl groups is 1. The van der Waals surface area contributed by atoms with Gasteiger partial charge < -0.3 is 15.6 Å². The van der Waals surface area contributed by atoms with Gasteiger partial charge in [-0.15, -0.1) is 0 Å². The van der Waals surface area contributed by atoms with Crippen LogP contribution in [0.4, 0.5) is 0 Å². The van der Waals surface area contributed by atoms with Crippen LogP contribution in [-0.4, -0.2) is 35.4 Å². The third-order valence-corrected chi connectivity index (χ3v) is 4.26. The van der Waals surface area contributed by atoms with Gasteiger partial charge in [0.05, 0.1) is 12.3 Å². The molecular weight excluding hydrogens is 264 g/mol. The number of likely N-dealkylation sites (tertiary alicyclic amines) is 1. The number of nitrogens with two attached hydrogens (primary N) is 1. The first-order valence-electron chi connectivity index (χ1n) is 8.02. The van der Waals surface area contributed by atoms with Gasteiger partial charge in [-0.3, -0.25) is 4.90 Å². The summed E-state index contributed by atoms with van der Waals surface area (Å²) in [5.41, 5.74) is 6.98. The lowest BCUT2D eigenvalue weighted by Gasteiger charge is -2.38. The molecule has 0 spiro atoms. The Balaban J connectivity index is 2.13. The molecule has 21 heavy (non-hydrogen) atoms. The Bertz CT molecular complexity index is 452. The van der Waals surface area contributed by atoms with Crippen molar-refractivity contribution in [3.05, 3.63) is 23.8 Å². The molecule has 1 atom stereocenters. The smallest absolute Gasteiger partial charge is 0.161 e. The molecule has 1 aliphatic rings. The lowest BCUT2D eigenvalue weighted by molar-refractivity contribution is 0.112. The Morgan fingerprint density at radius 3 is 2.52 bits per heavy atom. The van der Waals surface area contributed by atoms with Crippen molar-refractivity contribution in [1.82, 2.24) is 4.90 Å². The molecule has 0 aromatic heterocycles. The Morgan fingerprint density at radius 1 is 1.24 bits per heavy atom. The summed E-state index contributed by atoms with van der Waals surface area (Å²) in [5.74, 6) is 0.771. The fourth-order valence-electron chi connectivity index (χ4n) is 3.06. The summed E-state index contributed by atoms with van der Waals surface area (Å²) < 4.78 is 5.45. The van der Waals surface area contributed by atoms with Gasteiger partial charge in [-0.25, -0.2) is 0 Å². The van der Waals surface area contributed by atoms with Crippen LogP contribution in [0.3, 0.4) is 0 Å². The molecule has 0 bridgehead atoms. The molecule has 4 nitrogen and oxygen atoms in total. The van der Waals surface area contributed by atoms with E-state index in [4.69, 9.17) is 10.5 Å². The summed E-state index contributed by atoms with van der Waals surface area (Å²) in [5, 5.41) is 10.3. The Morgan fingerprint density at radius 2 is 1.90 bits per heavy atom. The van der Waals surface area contributed by atoms with Crippen molar-refractivity contribution >= 4 is 0 Å². The second-order valence-corrected chi connectivity index (χ2v) is 6.13. The predicted octanol–water partition coefficient (Wildman–Crippen LogP) is 2.88. The van der Waals surface area contributed by atoms with Crippen molar-refractivity contribution < 1.29 is 9.84 Å². The number of benzene rings is 1. The van der Waals surface area contributed by atoms with Crippen molar-refractivity contribution in [2.24, 2.45) is 5.73 Å². The maximum atomic E-state index is 10.3. The normalized spacial score (nSPS) is 19.8. The zero-order valence-corrected chi connectivity index (χ0v) is 13.3. The molecule has 0 amide bonds. The monoisotopic (exact) mass is 292 g/mol. The first-order valence-corrected chi connectivity index (χ1v) is 8.02. The molecule has 1 aromatic rings. The number of phenolic OH excluding ortho intramolecular Hbond substituents is 1. The number of ether oxygens (including phenoxy) is 1. The molecule has 4 heteroatoms. The fraction of sp³-hybridized carbons (Fsp3) is 0.647. The average Bonchev–Trinajstić information content (AvgIpc) is 2.73. The number of hydrogen-bond donors (Lipinski definition) is 2. The highest BCUT2D eigenvalue weighted by molar-refractivity contribution is 5.46. The molecule has 1 unspecified atom stereocenters. The second kappa shape index (κ2) is 7.14. The summed E-state index contributed by atoms with van der Waals surface area (Å²) in [6, 6.07) is 5.64. The molecule has 0 aliphatic carbocycles. The highest BCUT2D eigenvalue weighted by Crippen LogP contribution is 2.32. The number of rotatable bonds is 5. The van der Waals surface area contributed by atoms with Gasteiger partial charge in [-0.05, 0) is 45.8 Å². The number of para-hydroxylation sites is 1. The average molecular weight is 292 g/mol. The molecule has 0 radical (unpaired) electrons. The SMILES string of the molecule is CCOc1cccc(CC(C)(N)N2CCCCCC2)c1O. The predicted molar refractivity (Wildman–Crippen MR) is 85.6 cm³/mol. The van der Waals surface area contributed by atoms with E-state index in [1.807, 2.05) is 19.1 Å². The Kier molecular flexibility index (Phi) is 5.48.